The molecule has 8 heteroatoms. The molecule has 0 N–H and O–H groups in total. The third-order valence-corrected chi connectivity index (χ3v) is 6.52. The van der Waals surface area contributed by atoms with Gasteiger partial charge >= 0.3 is 5.97 Å². The molecule has 2 aromatic heterocycles. The Balaban J connectivity index is 1.32. The van der Waals surface area contributed by atoms with E-state index in [-0.39, 0.29) is 12.6 Å². The van der Waals surface area contributed by atoms with Crippen LogP contribution in [0.3, 0.4) is 0 Å². The number of hydrogen-bond donors (Lipinski definition) is 0. The van der Waals surface area contributed by atoms with Gasteiger partial charge in [-0.25, -0.2) is 14.5 Å². The number of carbonyl (C=O) groups is 1. The smallest absolute Gasteiger partial charge is 0.331 e. The summed E-state index contributed by atoms with van der Waals surface area (Å²) in [4.78, 5) is 22.5. The maximum Gasteiger partial charge on any atom is 0.331 e. The molecule has 0 spiro atoms. The zero-order valence-corrected chi connectivity index (χ0v) is 23.6. The minimum absolute atomic E-state index is 0.271. The monoisotopic (exact) mass is 560 g/mol. The molecule has 1 unspecified atom stereocenters. The molecule has 42 heavy (non-hydrogen) atoms. The van der Waals surface area contributed by atoms with Crippen LogP contribution in [0.2, 0.25) is 0 Å². The molecule has 0 fully saturated rings. The van der Waals surface area contributed by atoms with E-state index < -0.39 is 6.04 Å². The second-order valence-electron chi connectivity index (χ2n) is 9.46. The molecule has 8 nitrogen and oxygen atoms in total. The first kappa shape index (κ1) is 28.3. The SMILES string of the molecule is CCOC(=O)C(Cc1cnn(-c2ccc(OCc3ccc(OC)cc3)cn2)c1)N=C(c1ccccc1)c1ccccc1. The van der Waals surface area contributed by atoms with Crippen LogP contribution >= 0.6 is 0 Å². The Hall–Kier alpha value is -5.24. The third-order valence-electron chi connectivity index (χ3n) is 6.52. The zero-order valence-electron chi connectivity index (χ0n) is 23.6. The minimum Gasteiger partial charge on any atom is -0.497 e. The van der Waals surface area contributed by atoms with Crippen molar-refractivity contribution in [3.8, 4) is 17.3 Å². The number of ether oxygens (including phenoxy) is 3. The topological polar surface area (TPSA) is 87.8 Å². The molecule has 5 rings (SSSR count). The Morgan fingerprint density at radius 3 is 2.10 bits per heavy atom. The molecular weight excluding hydrogens is 528 g/mol. The Morgan fingerprint density at radius 1 is 0.833 bits per heavy atom. The van der Waals surface area contributed by atoms with Gasteiger partial charge in [-0.05, 0) is 42.3 Å². The van der Waals surface area contributed by atoms with Gasteiger partial charge in [0.1, 0.15) is 18.1 Å². The molecule has 0 aliphatic rings. The Labute approximate surface area is 245 Å². The second-order valence-corrected chi connectivity index (χ2v) is 9.46. The normalized spacial score (nSPS) is 11.4. The van der Waals surface area contributed by atoms with E-state index in [9.17, 15) is 4.79 Å². The highest BCUT2D eigenvalue weighted by atomic mass is 16.5. The Morgan fingerprint density at radius 2 is 1.50 bits per heavy atom. The minimum atomic E-state index is -0.750. The molecule has 0 saturated carbocycles. The highest BCUT2D eigenvalue weighted by Crippen LogP contribution is 2.18. The van der Waals surface area contributed by atoms with Crippen LogP contribution in [-0.4, -0.2) is 46.2 Å². The quantitative estimate of drug-likeness (QED) is 0.140. The number of carbonyl (C=O) groups excluding carboxylic acids is 1. The number of nitrogens with zero attached hydrogens (tertiary/aromatic N) is 4. The molecule has 3 aromatic carbocycles. The summed E-state index contributed by atoms with van der Waals surface area (Å²) in [6.45, 7) is 2.48. The van der Waals surface area contributed by atoms with E-state index in [1.54, 1.807) is 31.1 Å². The number of methoxy groups -OCH3 is 1. The van der Waals surface area contributed by atoms with Crippen molar-refractivity contribution in [2.45, 2.75) is 26.0 Å². The van der Waals surface area contributed by atoms with Gasteiger partial charge < -0.3 is 14.2 Å². The fourth-order valence-corrected chi connectivity index (χ4v) is 4.38. The van der Waals surface area contributed by atoms with Crippen LogP contribution in [-0.2, 0) is 22.6 Å². The zero-order chi connectivity index (χ0) is 29.1. The maximum atomic E-state index is 13.1. The summed E-state index contributed by atoms with van der Waals surface area (Å²) in [6, 6.07) is 30.4. The highest BCUT2D eigenvalue weighted by Gasteiger charge is 2.22. The van der Waals surface area contributed by atoms with Crippen LogP contribution in [0.25, 0.3) is 5.82 Å². The predicted octanol–water partition coefficient (Wildman–Crippen LogP) is 5.87. The van der Waals surface area contributed by atoms with Crippen LogP contribution in [0.15, 0.2) is 121 Å². The lowest BCUT2D eigenvalue weighted by Crippen LogP contribution is -2.26. The van der Waals surface area contributed by atoms with Crippen LogP contribution in [0.1, 0.15) is 29.2 Å². The molecule has 1 atom stereocenters. The van der Waals surface area contributed by atoms with Crippen molar-refractivity contribution in [3.63, 3.8) is 0 Å². The Kier molecular flexibility index (Phi) is 9.36. The van der Waals surface area contributed by atoms with Crippen LogP contribution < -0.4 is 9.47 Å². The predicted molar refractivity (Wildman–Crippen MR) is 161 cm³/mol. The molecular formula is C34H32N4O4. The molecule has 5 aromatic rings. The lowest BCUT2D eigenvalue weighted by atomic mass is 10.0. The number of pyridine rings is 1. The molecule has 0 radical (unpaired) electrons. The van der Waals surface area contributed by atoms with Gasteiger partial charge in [-0.2, -0.15) is 5.10 Å². The van der Waals surface area contributed by atoms with Crippen molar-refractivity contribution in [1.29, 1.82) is 0 Å². The van der Waals surface area contributed by atoms with Crippen molar-refractivity contribution in [2.75, 3.05) is 13.7 Å². The highest BCUT2D eigenvalue weighted by molar-refractivity contribution is 6.13. The van der Waals surface area contributed by atoms with Gasteiger partial charge in [-0.15, -0.1) is 0 Å². The number of benzene rings is 3. The average Bonchev–Trinajstić information content (AvgIpc) is 3.52. The number of esters is 1. The largest absolute Gasteiger partial charge is 0.497 e. The molecule has 0 bridgehead atoms. The maximum absolute atomic E-state index is 13.1. The lowest BCUT2D eigenvalue weighted by molar-refractivity contribution is -0.144. The number of aromatic nitrogens is 3. The fourth-order valence-electron chi connectivity index (χ4n) is 4.38. The van der Waals surface area contributed by atoms with Gasteiger partial charge in [-0.1, -0.05) is 72.8 Å². The van der Waals surface area contributed by atoms with E-state index >= 15 is 0 Å². The molecule has 0 saturated heterocycles. The van der Waals surface area contributed by atoms with E-state index in [0.717, 1.165) is 33.7 Å². The molecule has 0 amide bonds. The summed E-state index contributed by atoms with van der Waals surface area (Å²) in [5.41, 5.74) is 4.44. The summed E-state index contributed by atoms with van der Waals surface area (Å²) >= 11 is 0. The van der Waals surface area contributed by atoms with Gasteiger partial charge in [-0.3, -0.25) is 4.99 Å². The van der Waals surface area contributed by atoms with Crippen LogP contribution in [0.4, 0.5) is 0 Å². The second kappa shape index (κ2) is 13.9. The van der Waals surface area contributed by atoms with E-state index in [0.29, 0.717) is 24.6 Å². The fraction of sp³-hybridized carbons (Fsp3) is 0.176. The summed E-state index contributed by atoms with van der Waals surface area (Å²) in [5, 5.41) is 4.48. The summed E-state index contributed by atoms with van der Waals surface area (Å²) < 4.78 is 18.2. The van der Waals surface area contributed by atoms with Crippen molar-refractivity contribution in [3.05, 3.63) is 138 Å². The van der Waals surface area contributed by atoms with E-state index in [1.807, 2.05) is 103 Å². The first-order valence-electron chi connectivity index (χ1n) is 13.7. The third kappa shape index (κ3) is 7.28. The van der Waals surface area contributed by atoms with Gasteiger partial charge in [0.25, 0.3) is 0 Å². The van der Waals surface area contributed by atoms with Crippen LogP contribution in [0.5, 0.6) is 11.5 Å². The first-order chi connectivity index (χ1) is 20.6. The van der Waals surface area contributed by atoms with Crippen molar-refractivity contribution in [2.24, 2.45) is 4.99 Å². The van der Waals surface area contributed by atoms with Crippen LogP contribution in [0, 0.1) is 0 Å². The van der Waals surface area contributed by atoms with Gasteiger partial charge in [0.15, 0.2) is 11.9 Å². The van der Waals surface area contributed by atoms with E-state index in [4.69, 9.17) is 19.2 Å². The van der Waals surface area contributed by atoms with Gasteiger partial charge in [0.2, 0.25) is 0 Å². The number of hydrogen-bond acceptors (Lipinski definition) is 7. The van der Waals surface area contributed by atoms with E-state index in [1.165, 1.54) is 0 Å². The average molecular weight is 561 g/mol. The van der Waals surface area contributed by atoms with Gasteiger partial charge in [0.05, 0.1) is 31.8 Å². The summed E-state index contributed by atoms with van der Waals surface area (Å²) in [6.07, 6.45) is 5.57. The van der Waals surface area contributed by atoms with E-state index in [2.05, 4.69) is 10.1 Å². The molecule has 2 heterocycles. The van der Waals surface area contributed by atoms with Crippen molar-refractivity contribution < 1.29 is 19.0 Å². The standard InChI is InChI=1S/C34H32N4O4/c1-3-41-34(39)31(37-33(27-10-6-4-7-11-27)28-12-8-5-9-13-28)20-26-21-36-38(23-26)32-19-18-30(22-35-32)42-24-25-14-16-29(40-2)17-15-25/h4-19,21-23,31H,3,20,24H2,1-2H3. The molecule has 212 valence electrons. The first-order valence-corrected chi connectivity index (χ1v) is 13.7. The lowest BCUT2D eigenvalue weighted by Gasteiger charge is -2.14. The molecule has 0 aliphatic carbocycles. The summed E-state index contributed by atoms with van der Waals surface area (Å²) in [7, 11) is 1.64. The molecule has 0 aliphatic heterocycles. The number of aliphatic imine (C=N–C) groups is 1. The number of rotatable bonds is 12. The van der Waals surface area contributed by atoms with Crippen molar-refractivity contribution >= 4 is 11.7 Å². The van der Waals surface area contributed by atoms with Gasteiger partial charge in [0, 0.05) is 23.7 Å². The van der Waals surface area contributed by atoms with Crippen molar-refractivity contribution in [1.82, 2.24) is 14.8 Å². The Bertz CT molecular complexity index is 1560. The summed E-state index contributed by atoms with van der Waals surface area (Å²) in [5.74, 6) is 1.69.